The average Bonchev–Trinajstić information content (AvgIpc) is 3.47. The summed E-state index contributed by atoms with van der Waals surface area (Å²) in [7, 11) is -1.11. The number of nitrogens with zero attached hydrogens (tertiary/aromatic N) is 2. The van der Waals surface area contributed by atoms with Crippen LogP contribution >= 0.6 is 0 Å². The van der Waals surface area contributed by atoms with Crippen molar-refractivity contribution in [1.82, 2.24) is 9.47 Å². The zero-order valence-electron chi connectivity index (χ0n) is 22.3. The van der Waals surface area contributed by atoms with Crippen molar-refractivity contribution in [3.8, 4) is 11.4 Å². The molecule has 37 heavy (non-hydrogen) atoms. The maximum atomic E-state index is 13.1. The van der Waals surface area contributed by atoms with E-state index in [9.17, 15) is 19.5 Å². The molecule has 1 aromatic carbocycles. The number of methoxy groups -OCH3 is 1. The Morgan fingerprint density at radius 1 is 1.22 bits per heavy atom. The van der Waals surface area contributed by atoms with Gasteiger partial charge in [0.05, 0.1) is 38.4 Å². The van der Waals surface area contributed by atoms with E-state index in [4.69, 9.17) is 9.47 Å². The van der Waals surface area contributed by atoms with Crippen LogP contribution in [0.25, 0.3) is 5.69 Å². The second-order valence-corrected chi connectivity index (χ2v) is 15.0. The fraction of sp³-hybridized carbons (Fsp3) is 0.571. The standard InChI is InChI=1S/C28H40N2O6Si/c1-19-23(13-12-20-8-5-9-21(16-20)30-15-7-11-24(35-2)28(30)33)36-25(27(19)37(3,4)34)17-26(32)29-14-6-10-22(29)18-31/h5,7-9,11,15-16,19,22-23,25,27,31,34H,6,10,12-14,17-18H2,1-4H3/t19-,22-,23+,25-,27+/m0/s1. The van der Waals surface area contributed by atoms with Gasteiger partial charge in [0.25, 0.3) is 5.56 Å². The molecule has 0 spiro atoms. The van der Waals surface area contributed by atoms with Gasteiger partial charge in [0.2, 0.25) is 5.91 Å². The van der Waals surface area contributed by atoms with Crippen molar-refractivity contribution < 1.29 is 24.2 Å². The third-order valence-electron chi connectivity index (χ3n) is 8.04. The van der Waals surface area contributed by atoms with Crippen LogP contribution in [0.5, 0.6) is 5.75 Å². The van der Waals surface area contributed by atoms with E-state index in [0.29, 0.717) is 12.3 Å². The monoisotopic (exact) mass is 528 g/mol. The SMILES string of the molecule is COc1cccn(-c2cccc(CC[C@H]3O[C@@H](CC(=O)N4CCC[C@H]4CO)[C@H]([Si](C)(C)O)[C@H]3C)c2)c1=O. The molecule has 202 valence electrons. The second kappa shape index (κ2) is 11.5. The lowest BCUT2D eigenvalue weighted by molar-refractivity contribution is -0.135. The van der Waals surface area contributed by atoms with E-state index in [1.807, 2.05) is 37.4 Å². The molecule has 0 saturated carbocycles. The molecule has 4 rings (SSSR count). The van der Waals surface area contributed by atoms with Gasteiger partial charge in [-0.1, -0.05) is 19.1 Å². The number of benzene rings is 1. The highest BCUT2D eigenvalue weighted by atomic mass is 28.4. The number of carbonyl (C=O) groups is 1. The predicted molar refractivity (Wildman–Crippen MR) is 145 cm³/mol. The largest absolute Gasteiger partial charge is 0.491 e. The lowest BCUT2D eigenvalue weighted by atomic mass is 9.95. The number of hydrogen-bond donors (Lipinski definition) is 2. The molecule has 5 atom stereocenters. The van der Waals surface area contributed by atoms with Crippen LogP contribution in [0, 0.1) is 5.92 Å². The van der Waals surface area contributed by atoms with Gasteiger partial charge >= 0.3 is 0 Å². The molecule has 9 heteroatoms. The molecule has 0 unspecified atom stereocenters. The van der Waals surface area contributed by atoms with Gasteiger partial charge in [-0.3, -0.25) is 14.2 Å². The summed E-state index contributed by atoms with van der Waals surface area (Å²) in [4.78, 5) is 38.7. The highest BCUT2D eigenvalue weighted by molar-refractivity contribution is 6.71. The van der Waals surface area contributed by atoms with E-state index in [1.54, 1.807) is 27.8 Å². The number of carbonyl (C=O) groups excluding carboxylic acids is 1. The van der Waals surface area contributed by atoms with Crippen molar-refractivity contribution in [2.75, 3.05) is 20.3 Å². The average molecular weight is 529 g/mol. The molecule has 2 aliphatic rings. The first-order chi connectivity index (χ1) is 17.6. The quantitative estimate of drug-likeness (QED) is 0.485. The zero-order valence-corrected chi connectivity index (χ0v) is 23.3. The Hall–Kier alpha value is -2.46. The van der Waals surface area contributed by atoms with Crippen LogP contribution in [-0.2, 0) is 16.0 Å². The molecule has 0 bridgehead atoms. The minimum absolute atomic E-state index is 0.00841. The molecule has 2 saturated heterocycles. The zero-order chi connectivity index (χ0) is 26.7. The first-order valence-electron chi connectivity index (χ1n) is 13.3. The molecule has 2 aliphatic heterocycles. The Morgan fingerprint density at radius 2 is 2.00 bits per heavy atom. The maximum absolute atomic E-state index is 13.1. The van der Waals surface area contributed by atoms with Crippen molar-refractivity contribution in [3.63, 3.8) is 0 Å². The van der Waals surface area contributed by atoms with Crippen LogP contribution in [0.3, 0.4) is 0 Å². The van der Waals surface area contributed by atoms with Gasteiger partial charge in [-0.25, -0.2) is 0 Å². The van der Waals surface area contributed by atoms with Crippen LogP contribution < -0.4 is 10.3 Å². The number of hydrogen-bond acceptors (Lipinski definition) is 6. The van der Waals surface area contributed by atoms with Crippen LogP contribution in [0.4, 0.5) is 0 Å². The fourth-order valence-electron chi connectivity index (χ4n) is 6.25. The van der Waals surface area contributed by atoms with Crippen molar-refractivity contribution >= 4 is 14.2 Å². The van der Waals surface area contributed by atoms with Crippen LogP contribution in [0.15, 0.2) is 47.4 Å². The van der Waals surface area contributed by atoms with Crippen molar-refractivity contribution in [1.29, 1.82) is 0 Å². The highest BCUT2D eigenvalue weighted by Crippen LogP contribution is 2.45. The minimum atomic E-state index is -2.60. The Labute approximate surface area is 220 Å². The smallest absolute Gasteiger partial charge is 0.297 e. The fourth-order valence-corrected chi connectivity index (χ4v) is 8.86. The summed E-state index contributed by atoms with van der Waals surface area (Å²) in [5.74, 6) is 0.428. The number of aliphatic hydroxyl groups is 1. The van der Waals surface area contributed by atoms with E-state index in [0.717, 1.165) is 36.9 Å². The molecule has 3 heterocycles. The van der Waals surface area contributed by atoms with Crippen molar-refractivity contribution in [2.45, 2.75) is 75.9 Å². The lowest BCUT2D eigenvalue weighted by Gasteiger charge is -2.31. The number of pyridine rings is 1. The molecular formula is C28H40N2O6Si. The highest BCUT2D eigenvalue weighted by Gasteiger charge is 2.50. The number of rotatable bonds is 9. The molecule has 0 radical (unpaired) electrons. The van der Waals surface area contributed by atoms with E-state index in [1.165, 1.54) is 7.11 Å². The molecule has 1 aromatic heterocycles. The molecular weight excluding hydrogens is 488 g/mol. The van der Waals surface area contributed by atoms with E-state index >= 15 is 0 Å². The predicted octanol–water partition coefficient (Wildman–Crippen LogP) is 3.12. The first-order valence-corrected chi connectivity index (χ1v) is 16.3. The summed E-state index contributed by atoms with van der Waals surface area (Å²) < 4.78 is 13.2. The summed E-state index contributed by atoms with van der Waals surface area (Å²) in [5.41, 5.74) is 1.61. The summed E-state index contributed by atoms with van der Waals surface area (Å²) in [5, 5.41) is 9.64. The van der Waals surface area contributed by atoms with E-state index in [-0.39, 0.29) is 54.2 Å². The van der Waals surface area contributed by atoms with Crippen LogP contribution in [0.2, 0.25) is 18.6 Å². The number of aryl methyl sites for hydroxylation is 1. The van der Waals surface area contributed by atoms with E-state index in [2.05, 4.69) is 6.92 Å². The molecule has 1 amide bonds. The van der Waals surface area contributed by atoms with Crippen molar-refractivity contribution in [2.24, 2.45) is 5.92 Å². The molecule has 2 fully saturated rings. The van der Waals surface area contributed by atoms with Gasteiger partial charge in [-0.2, -0.15) is 0 Å². The summed E-state index contributed by atoms with van der Waals surface area (Å²) in [6.07, 6.45) is 4.83. The van der Waals surface area contributed by atoms with Gasteiger partial charge in [-0.05, 0) is 74.5 Å². The summed E-state index contributed by atoms with van der Waals surface area (Å²) in [6, 6.07) is 11.2. The number of aromatic nitrogens is 1. The Kier molecular flexibility index (Phi) is 8.58. The number of amides is 1. The normalized spacial score (nSPS) is 26.0. The van der Waals surface area contributed by atoms with E-state index < -0.39 is 8.32 Å². The van der Waals surface area contributed by atoms with Gasteiger partial charge in [0.15, 0.2) is 14.1 Å². The third-order valence-corrected chi connectivity index (χ3v) is 10.6. The lowest BCUT2D eigenvalue weighted by Crippen LogP contribution is -2.43. The molecule has 0 aliphatic carbocycles. The van der Waals surface area contributed by atoms with Gasteiger partial charge < -0.3 is 24.3 Å². The van der Waals surface area contributed by atoms with Crippen LogP contribution in [0.1, 0.15) is 38.2 Å². The third kappa shape index (κ3) is 6.00. The van der Waals surface area contributed by atoms with Gasteiger partial charge in [0.1, 0.15) is 0 Å². The summed E-state index contributed by atoms with van der Waals surface area (Å²) in [6.45, 7) is 6.65. The van der Waals surface area contributed by atoms with Gasteiger partial charge in [0, 0.05) is 24.0 Å². The topological polar surface area (TPSA) is 101 Å². The van der Waals surface area contributed by atoms with Crippen LogP contribution in [-0.4, -0.2) is 72.1 Å². The number of aliphatic hydroxyl groups excluding tert-OH is 1. The Morgan fingerprint density at radius 3 is 2.70 bits per heavy atom. The molecule has 2 N–H and O–H groups in total. The first kappa shape index (κ1) is 27.6. The maximum Gasteiger partial charge on any atom is 0.297 e. The second-order valence-electron chi connectivity index (χ2n) is 11.0. The van der Waals surface area contributed by atoms with Gasteiger partial charge in [-0.15, -0.1) is 0 Å². The summed E-state index contributed by atoms with van der Waals surface area (Å²) >= 11 is 0. The molecule has 8 nitrogen and oxygen atoms in total. The minimum Gasteiger partial charge on any atom is -0.491 e. The Balaban J connectivity index is 1.46. The number of ether oxygens (including phenoxy) is 2. The number of likely N-dealkylation sites (tertiary alicyclic amines) is 1. The Bertz CT molecular complexity index is 1150. The van der Waals surface area contributed by atoms with Crippen molar-refractivity contribution in [3.05, 3.63) is 58.5 Å². The molecule has 2 aromatic rings.